The molecule has 0 aliphatic rings. The number of benzene rings is 2. The van der Waals surface area contributed by atoms with Crippen LogP contribution in [0, 0.1) is 0 Å². The van der Waals surface area contributed by atoms with Crippen molar-refractivity contribution >= 4 is 29.3 Å². The lowest BCUT2D eigenvalue weighted by Gasteiger charge is -2.07. The van der Waals surface area contributed by atoms with Gasteiger partial charge in [-0.3, -0.25) is 9.59 Å². The highest BCUT2D eigenvalue weighted by atomic mass is 32.2. The lowest BCUT2D eigenvalue weighted by molar-refractivity contribution is -0.113. The second kappa shape index (κ2) is 8.57. The van der Waals surface area contributed by atoms with Crippen molar-refractivity contribution in [2.45, 2.75) is 5.16 Å². The van der Waals surface area contributed by atoms with Gasteiger partial charge in [0.15, 0.2) is 11.0 Å². The number of carbonyl (C=O) groups is 2. The lowest BCUT2D eigenvalue weighted by Crippen LogP contribution is -2.15. The van der Waals surface area contributed by atoms with Crippen molar-refractivity contribution < 1.29 is 14.3 Å². The topological polar surface area (TPSA) is 112 Å². The molecule has 2 amide bonds. The Morgan fingerprint density at radius 1 is 1.18 bits per heavy atom. The summed E-state index contributed by atoms with van der Waals surface area (Å²) in [7, 11) is 3.45. The van der Waals surface area contributed by atoms with Gasteiger partial charge in [0.1, 0.15) is 5.75 Å². The fourth-order valence-corrected chi connectivity index (χ4v) is 3.21. The monoisotopic (exact) mass is 397 g/mol. The predicted molar refractivity (Wildman–Crippen MR) is 107 cm³/mol. The number of aromatic nitrogens is 3. The van der Waals surface area contributed by atoms with E-state index < -0.39 is 5.91 Å². The summed E-state index contributed by atoms with van der Waals surface area (Å²) in [6, 6.07) is 13.9. The number of nitrogens with zero attached hydrogens (tertiary/aromatic N) is 3. The van der Waals surface area contributed by atoms with Gasteiger partial charge in [0.2, 0.25) is 11.8 Å². The number of amides is 2. The van der Waals surface area contributed by atoms with Crippen LogP contribution in [0.5, 0.6) is 5.75 Å². The van der Waals surface area contributed by atoms with Gasteiger partial charge in [0.05, 0.1) is 12.9 Å². The number of rotatable bonds is 7. The molecule has 0 bridgehead atoms. The number of primary amides is 1. The maximum atomic E-state index is 12.2. The molecular weight excluding hydrogens is 378 g/mol. The number of carbonyl (C=O) groups excluding carboxylic acids is 2. The quantitative estimate of drug-likeness (QED) is 0.592. The Morgan fingerprint density at radius 3 is 2.61 bits per heavy atom. The smallest absolute Gasteiger partial charge is 0.248 e. The molecule has 3 rings (SSSR count). The first-order chi connectivity index (χ1) is 13.5. The van der Waals surface area contributed by atoms with E-state index in [-0.39, 0.29) is 11.7 Å². The van der Waals surface area contributed by atoms with E-state index in [1.165, 1.54) is 11.8 Å². The summed E-state index contributed by atoms with van der Waals surface area (Å²) >= 11 is 1.28. The molecule has 0 saturated heterocycles. The number of anilines is 1. The number of nitrogens with two attached hydrogens (primary N) is 1. The van der Waals surface area contributed by atoms with Gasteiger partial charge in [-0.2, -0.15) is 0 Å². The molecule has 1 aromatic heterocycles. The average Bonchev–Trinajstić information content (AvgIpc) is 3.07. The molecule has 0 atom stereocenters. The van der Waals surface area contributed by atoms with Crippen molar-refractivity contribution in [1.82, 2.24) is 14.8 Å². The van der Waals surface area contributed by atoms with E-state index in [2.05, 4.69) is 15.5 Å². The van der Waals surface area contributed by atoms with Crippen LogP contribution in [0.1, 0.15) is 10.4 Å². The summed E-state index contributed by atoms with van der Waals surface area (Å²) in [5.74, 6) is 0.882. The Hall–Kier alpha value is -3.33. The maximum absolute atomic E-state index is 12.2. The van der Waals surface area contributed by atoms with Crippen LogP contribution in [0.3, 0.4) is 0 Å². The van der Waals surface area contributed by atoms with Crippen molar-refractivity contribution in [3.8, 4) is 17.1 Å². The van der Waals surface area contributed by atoms with Gasteiger partial charge >= 0.3 is 0 Å². The largest absolute Gasteiger partial charge is 0.497 e. The van der Waals surface area contributed by atoms with Crippen molar-refractivity contribution in [3.05, 3.63) is 54.1 Å². The zero-order chi connectivity index (χ0) is 20.1. The number of nitrogens with one attached hydrogen (secondary N) is 1. The summed E-state index contributed by atoms with van der Waals surface area (Å²) in [6.45, 7) is 0. The van der Waals surface area contributed by atoms with E-state index in [0.29, 0.717) is 22.2 Å². The van der Waals surface area contributed by atoms with Crippen molar-refractivity contribution in [2.24, 2.45) is 12.8 Å². The number of thioether (sulfide) groups is 1. The summed E-state index contributed by atoms with van der Waals surface area (Å²) in [4.78, 5) is 23.3. The Labute approximate surface area is 166 Å². The molecule has 8 nitrogen and oxygen atoms in total. The molecular formula is C19H19N5O3S. The van der Waals surface area contributed by atoms with Gasteiger partial charge in [0.25, 0.3) is 0 Å². The molecule has 0 aliphatic carbocycles. The highest BCUT2D eigenvalue weighted by Crippen LogP contribution is 2.25. The Bertz CT molecular complexity index is 1000. The molecule has 3 N–H and O–H groups in total. The standard InChI is InChI=1S/C19H19N5O3S/c1-24-18(13-4-3-5-15(10-13)27-2)22-23-19(24)28-11-16(25)21-14-8-6-12(7-9-14)17(20)26/h3-10H,11H2,1-2H3,(H2,20,26)(H,21,25). The third-order valence-electron chi connectivity index (χ3n) is 3.95. The second-order valence-electron chi connectivity index (χ2n) is 5.88. The van der Waals surface area contributed by atoms with E-state index in [9.17, 15) is 9.59 Å². The summed E-state index contributed by atoms with van der Waals surface area (Å²) < 4.78 is 7.07. The van der Waals surface area contributed by atoms with Crippen LogP contribution in [0.15, 0.2) is 53.7 Å². The molecule has 0 radical (unpaired) electrons. The van der Waals surface area contributed by atoms with Crippen LogP contribution in [0.25, 0.3) is 11.4 Å². The number of hydrogen-bond acceptors (Lipinski definition) is 6. The summed E-state index contributed by atoms with van der Waals surface area (Å²) in [5, 5.41) is 11.8. The summed E-state index contributed by atoms with van der Waals surface area (Å²) in [5.41, 5.74) is 7.05. The normalized spacial score (nSPS) is 10.5. The van der Waals surface area contributed by atoms with Gasteiger partial charge in [-0.25, -0.2) is 0 Å². The Kier molecular flexibility index (Phi) is 5.95. The van der Waals surface area contributed by atoms with Gasteiger partial charge < -0.3 is 20.4 Å². The van der Waals surface area contributed by atoms with Crippen LogP contribution >= 0.6 is 11.8 Å². The first-order valence-corrected chi connectivity index (χ1v) is 9.33. The highest BCUT2D eigenvalue weighted by Gasteiger charge is 2.13. The Balaban J connectivity index is 1.62. The van der Waals surface area contributed by atoms with E-state index in [4.69, 9.17) is 10.5 Å². The first-order valence-electron chi connectivity index (χ1n) is 8.34. The van der Waals surface area contributed by atoms with Gasteiger partial charge in [-0.1, -0.05) is 23.9 Å². The molecule has 0 aliphatic heterocycles. The zero-order valence-electron chi connectivity index (χ0n) is 15.4. The summed E-state index contributed by atoms with van der Waals surface area (Å²) in [6.07, 6.45) is 0. The number of hydrogen-bond donors (Lipinski definition) is 2. The van der Waals surface area contributed by atoms with E-state index >= 15 is 0 Å². The SMILES string of the molecule is COc1cccc(-c2nnc(SCC(=O)Nc3ccc(C(N)=O)cc3)n2C)c1. The predicted octanol–water partition coefficient (Wildman–Crippen LogP) is 2.32. The van der Waals surface area contributed by atoms with Crippen LogP contribution < -0.4 is 15.8 Å². The molecule has 1 heterocycles. The molecule has 0 unspecified atom stereocenters. The van der Waals surface area contributed by atoms with Gasteiger partial charge in [-0.15, -0.1) is 10.2 Å². The molecule has 28 heavy (non-hydrogen) atoms. The molecule has 0 saturated carbocycles. The van der Waals surface area contributed by atoms with Crippen LogP contribution in [0.4, 0.5) is 5.69 Å². The number of ether oxygens (including phenoxy) is 1. The van der Waals surface area contributed by atoms with E-state index in [1.807, 2.05) is 35.9 Å². The third kappa shape index (κ3) is 4.49. The average molecular weight is 397 g/mol. The van der Waals surface area contributed by atoms with Gasteiger partial charge in [0, 0.05) is 23.9 Å². The molecule has 9 heteroatoms. The maximum Gasteiger partial charge on any atom is 0.248 e. The fraction of sp³-hybridized carbons (Fsp3) is 0.158. The number of methoxy groups -OCH3 is 1. The van der Waals surface area contributed by atoms with Gasteiger partial charge in [-0.05, 0) is 36.4 Å². The second-order valence-corrected chi connectivity index (χ2v) is 6.82. The minimum atomic E-state index is -0.512. The molecule has 2 aromatic carbocycles. The first kappa shape index (κ1) is 19.4. The fourth-order valence-electron chi connectivity index (χ4n) is 2.50. The molecule has 144 valence electrons. The third-order valence-corrected chi connectivity index (χ3v) is 4.97. The zero-order valence-corrected chi connectivity index (χ0v) is 16.2. The minimum Gasteiger partial charge on any atom is -0.497 e. The minimum absolute atomic E-state index is 0.168. The lowest BCUT2D eigenvalue weighted by atomic mass is 10.2. The Morgan fingerprint density at radius 2 is 1.93 bits per heavy atom. The molecule has 0 spiro atoms. The van der Waals surface area contributed by atoms with E-state index in [0.717, 1.165) is 11.3 Å². The van der Waals surface area contributed by atoms with E-state index in [1.54, 1.807) is 31.4 Å². The van der Waals surface area contributed by atoms with Crippen LogP contribution in [0.2, 0.25) is 0 Å². The van der Waals surface area contributed by atoms with Crippen molar-refractivity contribution in [3.63, 3.8) is 0 Å². The van der Waals surface area contributed by atoms with Crippen molar-refractivity contribution in [2.75, 3.05) is 18.2 Å². The molecule has 3 aromatic rings. The van der Waals surface area contributed by atoms with Crippen molar-refractivity contribution in [1.29, 1.82) is 0 Å². The molecule has 0 fully saturated rings. The highest BCUT2D eigenvalue weighted by molar-refractivity contribution is 7.99. The van der Waals surface area contributed by atoms with Crippen LogP contribution in [-0.4, -0.2) is 39.4 Å². The van der Waals surface area contributed by atoms with Crippen LogP contribution in [-0.2, 0) is 11.8 Å².